The van der Waals surface area contributed by atoms with Crippen LogP contribution in [0.3, 0.4) is 0 Å². The lowest BCUT2D eigenvalue weighted by Crippen LogP contribution is -2.35. The minimum Gasteiger partial charge on any atom is -0.497 e. The fourth-order valence-electron chi connectivity index (χ4n) is 3.63. The molecular weight excluding hydrogens is 582 g/mol. The number of rotatable bonds is 8. The average Bonchev–Trinajstić information content (AvgIpc) is 3.19. The van der Waals surface area contributed by atoms with Crippen molar-refractivity contribution >= 4 is 59.8 Å². The van der Waals surface area contributed by atoms with Crippen LogP contribution in [0.5, 0.6) is 11.6 Å². The van der Waals surface area contributed by atoms with Gasteiger partial charge >= 0.3 is 0 Å². The van der Waals surface area contributed by atoms with Crippen LogP contribution in [-0.2, 0) is 14.8 Å². The number of nitrogens with one attached hydrogen (secondary N) is 1. The third-order valence-electron chi connectivity index (χ3n) is 5.58. The summed E-state index contributed by atoms with van der Waals surface area (Å²) in [5.41, 5.74) is 0.544. The zero-order valence-electron chi connectivity index (χ0n) is 20.0. The van der Waals surface area contributed by atoms with E-state index in [1.165, 1.54) is 50.4 Å². The maximum absolute atomic E-state index is 13.6. The Balaban J connectivity index is 1.72. The molecule has 2 N–H and O–H groups in total. The lowest BCUT2D eigenvalue weighted by molar-refractivity contribution is -0.385. The number of nitro benzene ring substituents is 1. The smallest absolute Gasteiger partial charge is 0.285 e. The van der Waals surface area contributed by atoms with Gasteiger partial charge in [-0.05, 0) is 55.5 Å². The lowest BCUT2D eigenvalue weighted by Gasteiger charge is -2.23. The maximum Gasteiger partial charge on any atom is 0.285 e. The first-order chi connectivity index (χ1) is 18.0. The first-order valence-corrected chi connectivity index (χ1v) is 13.1. The largest absolute Gasteiger partial charge is 0.497 e. The van der Waals surface area contributed by atoms with Gasteiger partial charge in [-0.25, -0.2) is 8.42 Å². The van der Waals surface area contributed by atoms with Gasteiger partial charge in [0, 0.05) is 21.5 Å². The number of carbonyl (C=O) groups excluding carboxylic acids is 1. The van der Waals surface area contributed by atoms with Crippen LogP contribution in [0.4, 0.5) is 17.1 Å². The number of aromatic hydroxyl groups is 1. The highest BCUT2D eigenvalue weighted by Crippen LogP contribution is 2.37. The number of anilines is 1. The summed E-state index contributed by atoms with van der Waals surface area (Å²) in [5, 5.41) is 29.6. The molecule has 1 heterocycles. The van der Waals surface area contributed by atoms with E-state index < -0.39 is 27.4 Å². The molecule has 4 aromatic rings. The number of hydrogen-bond donors (Lipinski definition) is 2. The van der Waals surface area contributed by atoms with Crippen molar-refractivity contribution in [2.45, 2.75) is 11.8 Å². The minimum absolute atomic E-state index is 0.00247. The molecule has 196 valence electrons. The van der Waals surface area contributed by atoms with Crippen molar-refractivity contribution < 1.29 is 28.0 Å². The van der Waals surface area contributed by atoms with Crippen LogP contribution in [0.2, 0.25) is 0 Å². The van der Waals surface area contributed by atoms with Crippen molar-refractivity contribution in [2.24, 2.45) is 10.2 Å². The number of fused-ring (bicyclic) bond motifs is 1. The minimum atomic E-state index is -4.46. The van der Waals surface area contributed by atoms with Gasteiger partial charge < -0.3 is 14.8 Å². The van der Waals surface area contributed by atoms with Crippen molar-refractivity contribution in [2.75, 3.05) is 18.0 Å². The standard InChI is InChI=1S/C24H20BrN5O7S/c1-14-3-9-18(12-21(14)30(33)34)38(35,36)29(16-5-7-17(37-2)8-6-16)13-22(31)27-28-23-19-11-15(25)4-10-20(19)26-24(23)32/h3-12,26,32H,13H2,1-2H3. The van der Waals surface area contributed by atoms with Crippen LogP contribution in [0.25, 0.3) is 10.9 Å². The van der Waals surface area contributed by atoms with Gasteiger partial charge in [0.2, 0.25) is 5.88 Å². The normalized spacial score (nSPS) is 11.7. The molecule has 0 atom stereocenters. The third kappa shape index (κ3) is 5.35. The molecule has 0 saturated heterocycles. The van der Waals surface area contributed by atoms with Crippen LogP contribution in [-0.4, -0.2) is 43.0 Å². The second kappa shape index (κ2) is 10.6. The first kappa shape index (κ1) is 26.8. The number of nitro groups is 1. The van der Waals surface area contributed by atoms with E-state index in [-0.39, 0.29) is 33.4 Å². The Morgan fingerprint density at radius 1 is 1.16 bits per heavy atom. The van der Waals surface area contributed by atoms with Gasteiger partial charge in [-0.3, -0.25) is 19.2 Å². The Bertz CT molecular complexity index is 1680. The second-order valence-corrected chi connectivity index (χ2v) is 10.8. The number of carbonyl (C=O) groups is 1. The molecule has 12 nitrogen and oxygen atoms in total. The number of aryl methyl sites for hydroxylation is 1. The molecule has 0 radical (unpaired) electrons. The Labute approximate surface area is 224 Å². The molecule has 0 saturated carbocycles. The Kier molecular flexibility index (Phi) is 7.46. The van der Waals surface area contributed by atoms with Crippen LogP contribution in [0.1, 0.15) is 5.56 Å². The Hall–Kier alpha value is -4.30. The summed E-state index contributed by atoms with van der Waals surface area (Å²) in [6, 6.07) is 14.4. The fraction of sp³-hybridized carbons (Fsp3) is 0.125. The van der Waals surface area contributed by atoms with Gasteiger partial charge in [0.25, 0.3) is 21.6 Å². The van der Waals surface area contributed by atoms with E-state index in [2.05, 4.69) is 31.1 Å². The number of aromatic amines is 1. The Morgan fingerprint density at radius 3 is 2.53 bits per heavy atom. The van der Waals surface area contributed by atoms with Crippen molar-refractivity contribution in [3.8, 4) is 11.6 Å². The highest BCUT2D eigenvalue weighted by atomic mass is 79.9. The number of methoxy groups -OCH3 is 1. The zero-order valence-corrected chi connectivity index (χ0v) is 22.4. The number of amides is 1. The SMILES string of the molecule is COc1ccc(N(CC(=O)N=Nc2c(O)[nH]c3ccc(Br)cc23)S(=O)(=O)c2ccc(C)c([N+](=O)[O-])c2)cc1. The molecule has 0 spiro atoms. The van der Waals surface area contributed by atoms with Gasteiger partial charge in [0.1, 0.15) is 12.3 Å². The van der Waals surface area contributed by atoms with Crippen LogP contribution >= 0.6 is 15.9 Å². The molecule has 14 heteroatoms. The number of hydrogen-bond acceptors (Lipinski definition) is 8. The molecule has 1 aromatic heterocycles. The van der Waals surface area contributed by atoms with E-state index in [4.69, 9.17) is 4.74 Å². The summed E-state index contributed by atoms with van der Waals surface area (Å²) in [4.78, 5) is 25.9. The highest BCUT2D eigenvalue weighted by Gasteiger charge is 2.29. The number of benzene rings is 3. The van der Waals surface area contributed by atoms with E-state index in [9.17, 15) is 28.4 Å². The molecule has 3 aromatic carbocycles. The summed E-state index contributed by atoms with van der Waals surface area (Å²) in [6.07, 6.45) is 0. The van der Waals surface area contributed by atoms with Crippen molar-refractivity contribution in [1.82, 2.24) is 4.98 Å². The molecule has 0 aliphatic heterocycles. The number of halogens is 1. The second-order valence-electron chi connectivity index (χ2n) is 8.02. The highest BCUT2D eigenvalue weighted by molar-refractivity contribution is 9.10. The van der Waals surface area contributed by atoms with Crippen molar-refractivity contribution in [1.29, 1.82) is 0 Å². The summed E-state index contributed by atoms with van der Waals surface area (Å²) in [5.74, 6) is -0.819. The molecule has 1 amide bonds. The molecule has 0 unspecified atom stereocenters. The fourth-order valence-corrected chi connectivity index (χ4v) is 5.43. The van der Waals surface area contributed by atoms with Gasteiger partial charge in [0.05, 0.1) is 28.1 Å². The predicted molar refractivity (Wildman–Crippen MR) is 143 cm³/mol. The lowest BCUT2D eigenvalue weighted by atomic mass is 10.2. The summed E-state index contributed by atoms with van der Waals surface area (Å²) < 4.78 is 33.8. The van der Waals surface area contributed by atoms with Gasteiger partial charge in [-0.2, -0.15) is 0 Å². The van der Waals surface area contributed by atoms with Gasteiger partial charge in [-0.15, -0.1) is 10.2 Å². The molecule has 4 rings (SSSR count). The number of sulfonamides is 1. The van der Waals surface area contributed by atoms with E-state index >= 15 is 0 Å². The maximum atomic E-state index is 13.6. The first-order valence-electron chi connectivity index (χ1n) is 10.9. The zero-order chi connectivity index (χ0) is 27.6. The number of nitrogens with zero attached hydrogens (tertiary/aromatic N) is 4. The summed E-state index contributed by atoms with van der Waals surface area (Å²) >= 11 is 3.33. The van der Waals surface area contributed by atoms with E-state index in [0.717, 1.165) is 10.4 Å². The molecule has 0 fully saturated rings. The molecule has 0 aliphatic rings. The molecular formula is C24H20BrN5O7S. The van der Waals surface area contributed by atoms with Crippen LogP contribution in [0, 0.1) is 17.0 Å². The van der Waals surface area contributed by atoms with Crippen molar-refractivity contribution in [3.63, 3.8) is 0 Å². The van der Waals surface area contributed by atoms with Gasteiger partial charge in [-0.1, -0.05) is 22.0 Å². The summed E-state index contributed by atoms with van der Waals surface area (Å²) in [6.45, 7) is 0.713. The predicted octanol–water partition coefficient (Wildman–Crippen LogP) is 5.37. The van der Waals surface area contributed by atoms with E-state index in [1.807, 2.05) is 0 Å². The topological polar surface area (TPSA) is 168 Å². The number of aromatic nitrogens is 1. The third-order valence-corrected chi connectivity index (χ3v) is 7.84. The quantitative estimate of drug-likeness (QED) is 0.155. The van der Waals surface area contributed by atoms with Crippen LogP contribution < -0.4 is 9.04 Å². The van der Waals surface area contributed by atoms with Crippen molar-refractivity contribution in [3.05, 3.63) is 80.8 Å². The van der Waals surface area contributed by atoms with E-state index in [0.29, 0.717) is 21.1 Å². The van der Waals surface area contributed by atoms with Crippen LogP contribution in [0.15, 0.2) is 80.3 Å². The molecule has 0 aliphatic carbocycles. The number of azo groups is 1. The van der Waals surface area contributed by atoms with Gasteiger partial charge in [0.15, 0.2) is 5.69 Å². The Morgan fingerprint density at radius 2 is 1.87 bits per heavy atom. The molecule has 38 heavy (non-hydrogen) atoms. The van der Waals surface area contributed by atoms with E-state index in [1.54, 1.807) is 18.2 Å². The monoisotopic (exact) mass is 601 g/mol. The number of ether oxygens (including phenoxy) is 1. The average molecular weight is 602 g/mol. The summed E-state index contributed by atoms with van der Waals surface area (Å²) in [7, 11) is -3.02. The molecule has 0 bridgehead atoms. The number of H-pyrrole nitrogens is 1.